The van der Waals surface area contributed by atoms with Crippen LogP contribution in [-0.2, 0) is 6.42 Å². The van der Waals surface area contributed by atoms with Gasteiger partial charge in [0.2, 0.25) is 0 Å². The van der Waals surface area contributed by atoms with Crippen molar-refractivity contribution in [3.8, 4) is 0 Å². The number of piperazine rings is 1. The number of carbonyl (C=O) groups excluding carboxylic acids is 3. The molecule has 2 aromatic rings. The average molecular weight is 439 g/mol. The quantitative estimate of drug-likeness (QED) is 0.743. The Hall–Kier alpha value is -3.29. The van der Waals surface area contributed by atoms with E-state index in [-0.39, 0.29) is 22.5 Å². The van der Waals surface area contributed by atoms with Crippen LogP contribution in [0.2, 0.25) is 0 Å². The number of amides is 1. The van der Waals surface area contributed by atoms with Crippen molar-refractivity contribution >= 4 is 23.2 Å². The number of anilines is 1. The molecule has 2 aliphatic rings. The highest BCUT2D eigenvalue weighted by atomic mass is 19.1. The third kappa shape index (κ3) is 4.09. The van der Waals surface area contributed by atoms with Gasteiger partial charge < -0.3 is 14.8 Å². The first-order chi connectivity index (χ1) is 15.1. The van der Waals surface area contributed by atoms with Crippen LogP contribution in [0.25, 0.3) is 0 Å². The molecule has 0 saturated carbocycles. The maximum absolute atomic E-state index is 14.5. The van der Waals surface area contributed by atoms with Crippen molar-refractivity contribution in [3.05, 3.63) is 62.8 Å². The number of halogens is 1. The molecule has 1 aromatic heterocycles. The Morgan fingerprint density at radius 2 is 1.72 bits per heavy atom. The van der Waals surface area contributed by atoms with E-state index in [9.17, 15) is 23.6 Å². The molecule has 168 valence electrons. The highest BCUT2D eigenvalue weighted by molar-refractivity contribution is 6.02. The second-order valence-corrected chi connectivity index (χ2v) is 9.35. The van der Waals surface area contributed by atoms with Crippen molar-refractivity contribution < 1.29 is 18.8 Å². The van der Waals surface area contributed by atoms with Gasteiger partial charge in [-0.25, -0.2) is 4.39 Å². The van der Waals surface area contributed by atoms with Gasteiger partial charge in [0.25, 0.3) is 11.5 Å². The Morgan fingerprint density at radius 1 is 1.03 bits per heavy atom. The molecule has 0 spiro atoms. The lowest BCUT2D eigenvalue weighted by Crippen LogP contribution is -2.50. The molecular weight excluding hydrogens is 413 g/mol. The van der Waals surface area contributed by atoms with Crippen LogP contribution in [0.5, 0.6) is 0 Å². The number of carbonyl (C=O) groups is 3. The molecule has 1 saturated heterocycles. The Morgan fingerprint density at radius 3 is 2.34 bits per heavy atom. The summed E-state index contributed by atoms with van der Waals surface area (Å²) in [7, 11) is 0. The average Bonchev–Trinajstić information content (AvgIpc) is 2.72. The van der Waals surface area contributed by atoms with Crippen molar-refractivity contribution in [1.29, 1.82) is 0 Å². The van der Waals surface area contributed by atoms with Gasteiger partial charge in [-0.05, 0) is 43.0 Å². The van der Waals surface area contributed by atoms with Gasteiger partial charge in [-0.2, -0.15) is 0 Å². The molecule has 4 rings (SSSR count). The van der Waals surface area contributed by atoms with Crippen LogP contribution in [0, 0.1) is 11.2 Å². The minimum atomic E-state index is -0.493. The standard InChI is InChI=1S/C24H26FN3O4/c1-14(29)15-4-5-20(18(25)10-15)27-6-8-28(9-7-27)23(32)17-11-16-19(26-22(17)31)12-24(2,3)13-21(16)30/h4-5,10-11H,6-9,12-13H2,1-3H3,(H,26,31). The number of nitrogens with zero attached hydrogens (tertiary/aromatic N) is 2. The first-order valence-electron chi connectivity index (χ1n) is 10.7. The number of nitrogens with one attached hydrogen (secondary N) is 1. The summed E-state index contributed by atoms with van der Waals surface area (Å²) in [6, 6.07) is 5.81. The smallest absolute Gasteiger partial charge is 0.261 e. The molecule has 32 heavy (non-hydrogen) atoms. The van der Waals surface area contributed by atoms with Gasteiger partial charge in [-0.1, -0.05) is 13.8 Å². The molecule has 1 amide bonds. The van der Waals surface area contributed by atoms with E-state index in [1.54, 1.807) is 17.0 Å². The summed E-state index contributed by atoms with van der Waals surface area (Å²) in [5.74, 6) is -1.19. The fourth-order valence-electron chi connectivity index (χ4n) is 4.49. The maximum Gasteiger partial charge on any atom is 0.261 e. The number of fused-ring (bicyclic) bond motifs is 1. The summed E-state index contributed by atoms with van der Waals surface area (Å²) >= 11 is 0. The number of H-pyrrole nitrogens is 1. The van der Waals surface area contributed by atoms with Gasteiger partial charge in [0.05, 0.1) is 5.69 Å². The summed E-state index contributed by atoms with van der Waals surface area (Å²) in [6.45, 7) is 6.72. The van der Waals surface area contributed by atoms with E-state index < -0.39 is 17.3 Å². The number of hydrogen-bond donors (Lipinski definition) is 1. The van der Waals surface area contributed by atoms with Crippen molar-refractivity contribution in [2.45, 2.75) is 33.6 Å². The van der Waals surface area contributed by atoms with Gasteiger partial charge in [0, 0.05) is 49.4 Å². The van der Waals surface area contributed by atoms with E-state index >= 15 is 0 Å². The molecule has 8 heteroatoms. The number of rotatable bonds is 3. The molecule has 7 nitrogen and oxygen atoms in total. The lowest BCUT2D eigenvalue weighted by Gasteiger charge is -2.36. The van der Waals surface area contributed by atoms with Crippen LogP contribution in [0.4, 0.5) is 10.1 Å². The monoisotopic (exact) mass is 439 g/mol. The zero-order chi connectivity index (χ0) is 23.2. The minimum absolute atomic E-state index is 0.0396. The Balaban J connectivity index is 1.50. The predicted molar refractivity (Wildman–Crippen MR) is 118 cm³/mol. The van der Waals surface area contributed by atoms with Crippen molar-refractivity contribution in [3.63, 3.8) is 0 Å². The largest absolute Gasteiger partial charge is 0.366 e. The Labute approximate surface area is 185 Å². The number of hydrogen-bond acceptors (Lipinski definition) is 5. The molecule has 2 heterocycles. The SMILES string of the molecule is CC(=O)c1ccc(N2CCN(C(=O)c3cc4c([nH]c3=O)CC(C)(C)CC4=O)CC2)c(F)c1. The summed E-state index contributed by atoms with van der Waals surface area (Å²) < 4.78 is 14.5. The van der Waals surface area contributed by atoms with Crippen molar-refractivity contribution in [1.82, 2.24) is 9.88 Å². The molecule has 1 aromatic carbocycles. The number of aromatic amines is 1. The zero-order valence-corrected chi connectivity index (χ0v) is 18.5. The fraction of sp³-hybridized carbons (Fsp3) is 0.417. The van der Waals surface area contributed by atoms with Crippen LogP contribution in [0.3, 0.4) is 0 Å². The number of ketones is 2. The minimum Gasteiger partial charge on any atom is -0.366 e. The molecule has 1 aliphatic heterocycles. The maximum atomic E-state index is 14.5. The van der Waals surface area contributed by atoms with E-state index in [1.807, 2.05) is 18.7 Å². The first kappa shape index (κ1) is 21.9. The van der Waals surface area contributed by atoms with Gasteiger partial charge in [-0.3, -0.25) is 19.2 Å². The fourth-order valence-corrected chi connectivity index (χ4v) is 4.49. The highest BCUT2D eigenvalue weighted by Crippen LogP contribution is 2.33. The van der Waals surface area contributed by atoms with Gasteiger partial charge >= 0.3 is 0 Å². The third-order valence-electron chi connectivity index (χ3n) is 6.21. The van der Waals surface area contributed by atoms with Crippen molar-refractivity contribution in [2.24, 2.45) is 5.41 Å². The van der Waals surface area contributed by atoms with Gasteiger partial charge in [0.15, 0.2) is 11.6 Å². The first-order valence-corrected chi connectivity index (χ1v) is 10.7. The molecule has 1 aliphatic carbocycles. The summed E-state index contributed by atoms with van der Waals surface area (Å²) in [4.78, 5) is 55.7. The summed E-state index contributed by atoms with van der Waals surface area (Å²) in [6.07, 6.45) is 0.941. The van der Waals surface area contributed by atoms with E-state index in [4.69, 9.17) is 0 Å². The van der Waals surface area contributed by atoms with Crippen LogP contribution in [0.1, 0.15) is 64.0 Å². The van der Waals surface area contributed by atoms with Crippen LogP contribution >= 0.6 is 0 Å². The molecule has 0 bridgehead atoms. The lowest BCUT2D eigenvalue weighted by molar-refractivity contribution is 0.0744. The Bertz CT molecular complexity index is 1180. The van der Waals surface area contributed by atoms with E-state index in [0.717, 1.165) is 0 Å². The van der Waals surface area contributed by atoms with E-state index in [2.05, 4.69) is 4.98 Å². The van der Waals surface area contributed by atoms with Crippen LogP contribution in [0.15, 0.2) is 29.1 Å². The van der Waals surface area contributed by atoms with Gasteiger partial charge in [0.1, 0.15) is 11.4 Å². The van der Waals surface area contributed by atoms with E-state index in [0.29, 0.717) is 61.5 Å². The number of Topliss-reactive ketones (excluding diaryl/α,β-unsaturated/α-hetero) is 2. The molecular formula is C24H26FN3O4. The molecule has 1 N–H and O–H groups in total. The molecule has 0 radical (unpaired) electrons. The number of aromatic nitrogens is 1. The number of benzene rings is 1. The van der Waals surface area contributed by atoms with Crippen molar-refractivity contribution in [2.75, 3.05) is 31.1 Å². The highest BCUT2D eigenvalue weighted by Gasteiger charge is 2.33. The van der Waals surface area contributed by atoms with Crippen LogP contribution < -0.4 is 10.5 Å². The van der Waals surface area contributed by atoms with Crippen LogP contribution in [-0.4, -0.2) is 53.5 Å². The lowest BCUT2D eigenvalue weighted by atomic mass is 9.75. The summed E-state index contributed by atoms with van der Waals surface area (Å²) in [5, 5.41) is 0. The van der Waals surface area contributed by atoms with Gasteiger partial charge in [-0.15, -0.1) is 0 Å². The summed E-state index contributed by atoms with van der Waals surface area (Å²) in [5.41, 5.74) is 0.925. The molecule has 0 unspecified atom stereocenters. The topological polar surface area (TPSA) is 90.6 Å². The second kappa shape index (κ2) is 8.00. The normalized spacial score (nSPS) is 17.8. The predicted octanol–water partition coefficient (Wildman–Crippen LogP) is 2.83. The number of pyridine rings is 1. The Kier molecular flexibility index (Phi) is 5.48. The van der Waals surface area contributed by atoms with E-state index in [1.165, 1.54) is 19.1 Å². The second-order valence-electron chi connectivity index (χ2n) is 9.35. The molecule has 1 fully saturated rings. The third-order valence-corrected chi connectivity index (χ3v) is 6.21. The molecule has 0 atom stereocenters. The zero-order valence-electron chi connectivity index (χ0n) is 18.5.